The average molecular weight is 299 g/mol. The molecule has 118 valence electrons. The molecule has 22 heavy (non-hydrogen) atoms. The summed E-state index contributed by atoms with van der Waals surface area (Å²) in [5.74, 6) is 0.764. The fourth-order valence-corrected chi connectivity index (χ4v) is 3.29. The second-order valence-electron chi connectivity index (χ2n) is 6.72. The zero-order valence-electron chi connectivity index (χ0n) is 13.3. The van der Waals surface area contributed by atoms with Gasteiger partial charge < -0.3 is 14.6 Å². The monoisotopic (exact) mass is 299 g/mol. The first kappa shape index (κ1) is 14.2. The minimum atomic E-state index is 0.743. The average Bonchev–Trinajstić information content (AvgIpc) is 3.44. The second-order valence-corrected chi connectivity index (χ2v) is 6.72. The van der Waals surface area contributed by atoms with E-state index >= 15 is 0 Å². The van der Waals surface area contributed by atoms with Crippen LogP contribution in [0.5, 0.6) is 0 Å². The van der Waals surface area contributed by atoms with Crippen LogP contribution in [0.15, 0.2) is 18.5 Å². The summed E-state index contributed by atoms with van der Waals surface area (Å²) >= 11 is 0. The molecule has 2 aliphatic carbocycles. The summed E-state index contributed by atoms with van der Waals surface area (Å²) in [4.78, 5) is 4.69. The first-order chi connectivity index (χ1) is 10.9. The normalized spacial score (nSPS) is 18.2. The Bertz CT molecular complexity index is 656. The fraction of sp³-hybridized carbons (Fsp3) is 0.611. The minimum absolute atomic E-state index is 0.743. The molecular weight excluding hydrogens is 274 g/mol. The molecule has 2 heterocycles. The van der Waals surface area contributed by atoms with E-state index in [0.29, 0.717) is 0 Å². The molecule has 0 amide bonds. The Balaban J connectivity index is 1.67. The van der Waals surface area contributed by atoms with Crippen molar-refractivity contribution in [2.24, 2.45) is 0 Å². The first-order valence-electron chi connectivity index (χ1n) is 8.55. The minimum Gasteiger partial charge on any atom is -0.385 e. The van der Waals surface area contributed by atoms with Crippen LogP contribution in [0.2, 0.25) is 0 Å². The van der Waals surface area contributed by atoms with E-state index in [1.54, 1.807) is 7.11 Å². The topological polar surface area (TPSA) is 39.1 Å². The number of aromatic nitrogens is 2. The first-order valence-corrected chi connectivity index (χ1v) is 8.55. The number of nitrogens with one attached hydrogen (secondary N) is 1. The highest BCUT2D eigenvalue weighted by Gasteiger charge is 2.28. The van der Waals surface area contributed by atoms with Gasteiger partial charge in [-0.1, -0.05) is 0 Å². The molecule has 2 saturated carbocycles. The lowest BCUT2D eigenvalue weighted by Crippen LogP contribution is -2.15. The Morgan fingerprint density at radius 2 is 2.18 bits per heavy atom. The van der Waals surface area contributed by atoms with E-state index in [4.69, 9.17) is 4.74 Å². The van der Waals surface area contributed by atoms with Gasteiger partial charge in [-0.25, -0.2) is 4.98 Å². The van der Waals surface area contributed by atoms with Crippen molar-refractivity contribution in [3.63, 3.8) is 0 Å². The van der Waals surface area contributed by atoms with Crippen molar-refractivity contribution in [3.05, 3.63) is 29.6 Å². The van der Waals surface area contributed by atoms with Crippen LogP contribution in [-0.4, -0.2) is 29.3 Å². The van der Waals surface area contributed by atoms with Crippen LogP contribution >= 0.6 is 0 Å². The number of aryl methyl sites for hydroxylation is 1. The Morgan fingerprint density at radius 1 is 1.32 bits per heavy atom. The smallest absolute Gasteiger partial charge is 0.140 e. The summed E-state index contributed by atoms with van der Waals surface area (Å²) in [6.45, 7) is 2.76. The maximum Gasteiger partial charge on any atom is 0.140 e. The number of hydrogen-bond donors (Lipinski definition) is 1. The van der Waals surface area contributed by atoms with Gasteiger partial charge in [0.15, 0.2) is 0 Å². The molecule has 0 saturated heterocycles. The predicted molar refractivity (Wildman–Crippen MR) is 88.1 cm³/mol. The number of rotatable bonds is 8. The van der Waals surface area contributed by atoms with Gasteiger partial charge in [0.25, 0.3) is 0 Å². The van der Waals surface area contributed by atoms with Crippen molar-refractivity contribution in [3.8, 4) is 0 Å². The lowest BCUT2D eigenvalue weighted by Gasteiger charge is -2.06. The number of fused-ring (bicyclic) bond motifs is 1. The molecule has 2 aromatic heterocycles. The number of methoxy groups -OCH3 is 1. The van der Waals surface area contributed by atoms with Crippen LogP contribution in [0.1, 0.15) is 49.1 Å². The van der Waals surface area contributed by atoms with Gasteiger partial charge in [-0.3, -0.25) is 0 Å². The van der Waals surface area contributed by atoms with E-state index in [9.17, 15) is 0 Å². The molecule has 2 fully saturated rings. The van der Waals surface area contributed by atoms with Gasteiger partial charge in [0.05, 0.1) is 0 Å². The Morgan fingerprint density at radius 3 is 2.91 bits per heavy atom. The van der Waals surface area contributed by atoms with Crippen molar-refractivity contribution in [1.82, 2.24) is 14.9 Å². The zero-order chi connectivity index (χ0) is 14.9. The number of pyridine rings is 1. The van der Waals surface area contributed by atoms with Crippen LogP contribution in [0.4, 0.5) is 0 Å². The molecule has 4 nitrogen and oxygen atoms in total. The van der Waals surface area contributed by atoms with Crippen molar-refractivity contribution in [2.75, 3.05) is 13.7 Å². The van der Waals surface area contributed by atoms with Crippen molar-refractivity contribution >= 4 is 11.0 Å². The molecule has 1 N–H and O–H groups in total. The lowest BCUT2D eigenvalue weighted by atomic mass is 10.1. The summed E-state index contributed by atoms with van der Waals surface area (Å²) in [6, 6.07) is 2.98. The SMILES string of the molecule is COCCCn1cc(CNC2CC2)c2c(C3CC3)ccnc21. The number of hydrogen-bond acceptors (Lipinski definition) is 3. The molecule has 0 spiro atoms. The molecule has 0 atom stereocenters. The van der Waals surface area contributed by atoms with Gasteiger partial charge in [0.2, 0.25) is 0 Å². The second kappa shape index (κ2) is 6.01. The summed E-state index contributed by atoms with van der Waals surface area (Å²) in [7, 11) is 1.77. The Kier molecular flexibility index (Phi) is 3.89. The molecule has 0 bridgehead atoms. The summed E-state index contributed by atoms with van der Waals surface area (Å²) in [5.41, 5.74) is 4.10. The van der Waals surface area contributed by atoms with Crippen LogP contribution in [0, 0.1) is 0 Å². The van der Waals surface area contributed by atoms with E-state index in [-0.39, 0.29) is 0 Å². The van der Waals surface area contributed by atoms with Crippen LogP contribution in [-0.2, 0) is 17.8 Å². The molecule has 4 heteroatoms. The van der Waals surface area contributed by atoms with Crippen LogP contribution < -0.4 is 5.32 Å². The van der Waals surface area contributed by atoms with Crippen molar-refractivity contribution in [1.29, 1.82) is 0 Å². The quantitative estimate of drug-likeness (QED) is 0.761. The summed E-state index contributed by atoms with van der Waals surface area (Å²) in [6.07, 6.45) is 10.7. The van der Waals surface area contributed by atoms with Crippen LogP contribution in [0.25, 0.3) is 11.0 Å². The molecule has 0 radical (unpaired) electrons. The molecule has 4 rings (SSSR count). The third-order valence-electron chi connectivity index (χ3n) is 4.79. The molecule has 2 aliphatic rings. The molecule has 0 aromatic carbocycles. The fourth-order valence-electron chi connectivity index (χ4n) is 3.29. The Hall–Kier alpha value is -1.39. The number of ether oxygens (including phenoxy) is 1. The zero-order valence-corrected chi connectivity index (χ0v) is 13.3. The predicted octanol–water partition coefficient (Wildman–Crippen LogP) is 3.20. The van der Waals surface area contributed by atoms with Crippen molar-refractivity contribution < 1.29 is 4.74 Å². The van der Waals surface area contributed by atoms with E-state index in [1.807, 2.05) is 6.20 Å². The number of nitrogens with zero attached hydrogens (tertiary/aromatic N) is 2. The Labute approximate surface area is 131 Å². The van der Waals surface area contributed by atoms with Gasteiger partial charge >= 0.3 is 0 Å². The van der Waals surface area contributed by atoms with E-state index < -0.39 is 0 Å². The van der Waals surface area contributed by atoms with E-state index in [0.717, 1.165) is 43.7 Å². The molecule has 0 aliphatic heterocycles. The largest absolute Gasteiger partial charge is 0.385 e. The molecule has 0 unspecified atom stereocenters. The maximum atomic E-state index is 5.20. The van der Waals surface area contributed by atoms with Gasteiger partial charge in [0, 0.05) is 50.6 Å². The van der Waals surface area contributed by atoms with Crippen molar-refractivity contribution in [2.45, 2.75) is 57.2 Å². The van der Waals surface area contributed by atoms with Gasteiger partial charge in [-0.2, -0.15) is 0 Å². The summed E-state index contributed by atoms with van der Waals surface area (Å²) < 4.78 is 7.52. The third kappa shape index (κ3) is 2.90. The van der Waals surface area contributed by atoms with E-state index in [1.165, 1.54) is 42.2 Å². The van der Waals surface area contributed by atoms with E-state index in [2.05, 4.69) is 27.1 Å². The highest BCUT2D eigenvalue weighted by molar-refractivity contribution is 5.85. The van der Waals surface area contributed by atoms with Crippen LogP contribution in [0.3, 0.4) is 0 Å². The molecule has 2 aromatic rings. The van der Waals surface area contributed by atoms with Gasteiger partial charge in [-0.05, 0) is 55.2 Å². The lowest BCUT2D eigenvalue weighted by molar-refractivity contribution is 0.190. The van der Waals surface area contributed by atoms with Gasteiger partial charge in [0.1, 0.15) is 5.65 Å². The highest BCUT2D eigenvalue weighted by Crippen LogP contribution is 2.44. The van der Waals surface area contributed by atoms with Gasteiger partial charge in [-0.15, -0.1) is 0 Å². The molecular formula is C18H25N3O. The maximum absolute atomic E-state index is 5.20. The highest BCUT2D eigenvalue weighted by atomic mass is 16.5. The third-order valence-corrected chi connectivity index (χ3v) is 4.79. The standard InChI is InChI=1S/C18H25N3O/c1-22-10-2-9-21-12-14(11-20-15-5-6-15)17-16(13-3-4-13)7-8-19-18(17)21/h7-8,12-13,15,20H,2-6,9-11H2,1H3. The summed E-state index contributed by atoms with van der Waals surface area (Å²) in [5, 5.41) is 5.08.